The van der Waals surface area contributed by atoms with Crippen LogP contribution in [0.15, 0.2) is 65.8 Å². The molecule has 1 amide bonds. The minimum Gasteiger partial charge on any atom is -0.267 e. The Labute approximate surface area is 129 Å². The number of amides is 1. The van der Waals surface area contributed by atoms with Crippen LogP contribution in [0.3, 0.4) is 0 Å². The molecule has 21 heavy (non-hydrogen) atoms. The molecule has 0 spiro atoms. The summed E-state index contributed by atoms with van der Waals surface area (Å²) >= 11 is 5.84. The highest BCUT2D eigenvalue weighted by Crippen LogP contribution is 2.10. The number of nitrogens with zero attached hydrogens (tertiary/aromatic N) is 1. The van der Waals surface area contributed by atoms with Crippen molar-refractivity contribution in [3.8, 4) is 0 Å². The molecule has 0 aliphatic rings. The number of hydrogen-bond donors (Lipinski definition) is 1. The Kier molecular flexibility index (Phi) is 5.29. The van der Waals surface area contributed by atoms with Gasteiger partial charge in [-0.05, 0) is 36.8 Å². The largest absolute Gasteiger partial charge is 0.271 e. The molecule has 1 N–H and O–H groups in total. The van der Waals surface area contributed by atoms with Crippen LogP contribution >= 0.6 is 11.6 Å². The fourth-order valence-corrected chi connectivity index (χ4v) is 1.84. The second-order valence-corrected chi connectivity index (χ2v) is 4.88. The van der Waals surface area contributed by atoms with Gasteiger partial charge in [0, 0.05) is 10.6 Å². The number of nitrogens with one attached hydrogen (secondary N) is 1. The summed E-state index contributed by atoms with van der Waals surface area (Å²) in [5.41, 5.74) is 4.76. The maximum atomic E-state index is 11.9. The summed E-state index contributed by atoms with van der Waals surface area (Å²) in [5.74, 6) is -0.287. The lowest BCUT2D eigenvalue weighted by molar-refractivity contribution is 0.0955. The van der Waals surface area contributed by atoms with Crippen LogP contribution in [-0.4, -0.2) is 11.6 Å². The molecule has 0 atom stereocenters. The third-order valence-electron chi connectivity index (χ3n) is 2.74. The number of hydrogen-bond acceptors (Lipinski definition) is 2. The summed E-state index contributed by atoms with van der Waals surface area (Å²) < 4.78 is 0. The normalized spacial score (nSPS) is 11.6. The lowest BCUT2D eigenvalue weighted by Crippen LogP contribution is -2.18. The molecule has 0 unspecified atom stereocenters. The molecule has 0 aromatic heterocycles. The standard InChI is InChI=1S/C17H15ClN2O/c1-13(10-11-14-6-3-2-4-7-14)19-20-17(21)15-8-5-9-16(18)12-15/h2-12H,1H3,(H,20,21)/b11-10+,19-13-. The van der Waals surface area contributed by atoms with E-state index in [2.05, 4.69) is 10.5 Å². The minimum atomic E-state index is -0.287. The third kappa shape index (κ3) is 4.89. The van der Waals surface area contributed by atoms with Crippen LogP contribution in [0.1, 0.15) is 22.8 Å². The zero-order valence-electron chi connectivity index (χ0n) is 11.6. The van der Waals surface area contributed by atoms with Crippen molar-refractivity contribution in [3.05, 3.63) is 76.8 Å². The average Bonchev–Trinajstić information content (AvgIpc) is 2.51. The zero-order valence-corrected chi connectivity index (χ0v) is 12.3. The Morgan fingerprint density at radius 1 is 1.14 bits per heavy atom. The van der Waals surface area contributed by atoms with Gasteiger partial charge in [-0.3, -0.25) is 4.79 Å². The lowest BCUT2D eigenvalue weighted by Gasteiger charge is -2.01. The highest BCUT2D eigenvalue weighted by atomic mass is 35.5. The molecule has 0 fully saturated rings. The second-order valence-electron chi connectivity index (χ2n) is 4.45. The summed E-state index contributed by atoms with van der Waals surface area (Å²) in [6, 6.07) is 16.6. The topological polar surface area (TPSA) is 41.5 Å². The number of hydrazone groups is 1. The van der Waals surface area contributed by atoms with E-state index in [1.165, 1.54) is 0 Å². The smallest absolute Gasteiger partial charge is 0.267 e. The number of halogens is 1. The molecule has 106 valence electrons. The molecular weight excluding hydrogens is 284 g/mol. The highest BCUT2D eigenvalue weighted by Gasteiger charge is 2.04. The first-order valence-corrected chi connectivity index (χ1v) is 6.86. The van der Waals surface area contributed by atoms with Gasteiger partial charge in [-0.2, -0.15) is 5.10 Å². The van der Waals surface area contributed by atoms with E-state index in [0.29, 0.717) is 16.3 Å². The lowest BCUT2D eigenvalue weighted by atomic mass is 10.2. The average molecular weight is 299 g/mol. The van der Waals surface area contributed by atoms with Crippen molar-refractivity contribution in [2.45, 2.75) is 6.92 Å². The Balaban J connectivity index is 1.97. The first-order valence-electron chi connectivity index (χ1n) is 6.48. The summed E-state index contributed by atoms with van der Waals surface area (Å²) in [6.45, 7) is 1.82. The number of benzene rings is 2. The van der Waals surface area contributed by atoms with Gasteiger partial charge in [-0.1, -0.05) is 54.1 Å². The van der Waals surface area contributed by atoms with E-state index in [-0.39, 0.29) is 5.91 Å². The van der Waals surface area contributed by atoms with Crippen LogP contribution < -0.4 is 5.43 Å². The van der Waals surface area contributed by atoms with Crippen LogP contribution in [0.4, 0.5) is 0 Å². The summed E-state index contributed by atoms with van der Waals surface area (Å²) in [4.78, 5) is 11.9. The van der Waals surface area contributed by atoms with Crippen molar-refractivity contribution in [3.63, 3.8) is 0 Å². The van der Waals surface area contributed by atoms with E-state index >= 15 is 0 Å². The predicted molar refractivity (Wildman–Crippen MR) is 87.5 cm³/mol. The highest BCUT2D eigenvalue weighted by molar-refractivity contribution is 6.30. The molecule has 0 saturated carbocycles. The van der Waals surface area contributed by atoms with E-state index in [0.717, 1.165) is 5.56 Å². The van der Waals surface area contributed by atoms with Crippen molar-refractivity contribution >= 4 is 29.3 Å². The van der Waals surface area contributed by atoms with Crippen LogP contribution in [0, 0.1) is 0 Å². The fraction of sp³-hybridized carbons (Fsp3) is 0.0588. The molecule has 0 bridgehead atoms. The molecule has 0 aliphatic carbocycles. The van der Waals surface area contributed by atoms with Crippen LogP contribution in [0.2, 0.25) is 5.02 Å². The number of carbonyl (C=O) groups excluding carboxylic acids is 1. The van der Waals surface area contributed by atoms with E-state index in [1.54, 1.807) is 24.3 Å². The van der Waals surface area contributed by atoms with Crippen LogP contribution in [0.25, 0.3) is 6.08 Å². The van der Waals surface area contributed by atoms with Crippen molar-refractivity contribution in [1.29, 1.82) is 0 Å². The van der Waals surface area contributed by atoms with Gasteiger partial charge < -0.3 is 0 Å². The van der Waals surface area contributed by atoms with Crippen molar-refractivity contribution in [2.24, 2.45) is 5.10 Å². The van der Waals surface area contributed by atoms with Crippen molar-refractivity contribution < 1.29 is 4.79 Å². The van der Waals surface area contributed by atoms with Gasteiger partial charge in [0.05, 0.1) is 5.71 Å². The first kappa shape index (κ1) is 15.0. The SMILES string of the molecule is CC(/C=C/c1ccccc1)=N/NC(=O)c1cccc(Cl)c1. The van der Waals surface area contributed by atoms with E-state index < -0.39 is 0 Å². The molecule has 2 aromatic carbocycles. The van der Waals surface area contributed by atoms with Gasteiger partial charge in [0.1, 0.15) is 0 Å². The second kappa shape index (κ2) is 7.41. The van der Waals surface area contributed by atoms with Gasteiger partial charge in [0.2, 0.25) is 0 Å². The predicted octanol–water partition coefficient (Wildman–Crippen LogP) is 4.16. The molecule has 0 heterocycles. The third-order valence-corrected chi connectivity index (χ3v) is 2.97. The number of rotatable bonds is 4. The molecule has 2 aromatic rings. The molecule has 0 radical (unpaired) electrons. The zero-order chi connectivity index (χ0) is 15.1. The maximum absolute atomic E-state index is 11.9. The summed E-state index contributed by atoms with van der Waals surface area (Å²) in [5, 5.41) is 4.55. The van der Waals surface area contributed by atoms with E-state index in [1.807, 2.05) is 49.4 Å². The Morgan fingerprint density at radius 2 is 1.90 bits per heavy atom. The Bertz CT molecular complexity index is 678. The van der Waals surface area contributed by atoms with Gasteiger partial charge in [0.25, 0.3) is 5.91 Å². The number of carbonyl (C=O) groups is 1. The Morgan fingerprint density at radius 3 is 2.62 bits per heavy atom. The molecule has 0 aliphatic heterocycles. The maximum Gasteiger partial charge on any atom is 0.271 e. The molecular formula is C17H15ClN2O. The van der Waals surface area contributed by atoms with Gasteiger partial charge in [-0.15, -0.1) is 0 Å². The van der Waals surface area contributed by atoms with E-state index in [9.17, 15) is 4.79 Å². The minimum absolute atomic E-state index is 0.287. The molecule has 0 saturated heterocycles. The van der Waals surface area contributed by atoms with Crippen molar-refractivity contribution in [2.75, 3.05) is 0 Å². The summed E-state index contributed by atoms with van der Waals surface area (Å²) in [7, 11) is 0. The molecule has 4 heteroatoms. The molecule has 2 rings (SSSR count). The summed E-state index contributed by atoms with van der Waals surface area (Å²) in [6.07, 6.45) is 3.78. The quantitative estimate of drug-likeness (QED) is 0.668. The molecule has 3 nitrogen and oxygen atoms in total. The first-order chi connectivity index (χ1) is 10.1. The number of allylic oxidation sites excluding steroid dienone is 1. The van der Waals surface area contributed by atoms with Crippen LogP contribution in [0.5, 0.6) is 0 Å². The van der Waals surface area contributed by atoms with Crippen LogP contribution in [-0.2, 0) is 0 Å². The van der Waals surface area contributed by atoms with Gasteiger partial charge >= 0.3 is 0 Å². The monoisotopic (exact) mass is 298 g/mol. The van der Waals surface area contributed by atoms with Crippen molar-refractivity contribution in [1.82, 2.24) is 5.43 Å². The fourth-order valence-electron chi connectivity index (χ4n) is 1.65. The van der Waals surface area contributed by atoms with Gasteiger partial charge in [0.15, 0.2) is 0 Å². The van der Waals surface area contributed by atoms with Gasteiger partial charge in [-0.25, -0.2) is 5.43 Å². The Hall–Kier alpha value is -2.39. The van der Waals surface area contributed by atoms with E-state index in [4.69, 9.17) is 11.6 Å².